The minimum Gasteiger partial charge on any atom is -0.412 e. The monoisotopic (exact) mass is 336 g/mol. The number of nitrogens with one attached hydrogen (secondary N) is 2. The molecule has 5 nitrogen and oxygen atoms in total. The van der Waals surface area contributed by atoms with Crippen LogP contribution in [0.3, 0.4) is 0 Å². The second-order valence-electron chi connectivity index (χ2n) is 4.60. The fourth-order valence-electron chi connectivity index (χ4n) is 1.77. The van der Waals surface area contributed by atoms with Gasteiger partial charge in [-0.2, -0.15) is 0 Å². The molecule has 0 heterocycles. The molecule has 0 saturated heterocycles. The van der Waals surface area contributed by atoms with Gasteiger partial charge < -0.3 is 16.1 Å². The number of rotatable bonds is 3. The quantitative estimate of drug-likeness (QED) is 0.654. The normalized spacial score (nSPS) is 11.5. The number of guanidine groups is 1. The first-order chi connectivity index (χ1) is 11.1. The van der Waals surface area contributed by atoms with Crippen molar-refractivity contribution >= 4 is 23.2 Å². The average Bonchev–Trinajstić information content (AvgIpc) is 2.52. The number of amidine groups is 1. The van der Waals surface area contributed by atoms with E-state index >= 15 is 0 Å². The van der Waals surface area contributed by atoms with Crippen molar-refractivity contribution < 1.29 is 17.1 Å². The molecular weight excluding hydrogens is 314 g/mol. The largest absolute Gasteiger partial charge is 0.412 e. The maximum atomic E-state index is 12.9. The molecule has 2 rings (SSSR count). The van der Waals surface area contributed by atoms with Crippen LogP contribution < -0.4 is 10.6 Å². The Hall–Kier alpha value is -3.06. The highest BCUT2D eigenvalue weighted by atomic mass is 19.1. The topological polar surface area (TPSA) is 80.3 Å². The molecule has 0 amide bonds. The fraction of sp³-hybridized carbons (Fsp3) is 0.0588. The molecule has 0 radical (unpaired) electrons. The van der Waals surface area contributed by atoms with Gasteiger partial charge in [-0.3, -0.25) is 0 Å². The van der Waals surface area contributed by atoms with Gasteiger partial charge in [0, 0.05) is 20.4 Å². The van der Waals surface area contributed by atoms with E-state index < -0.39 is 0 Å². The Labute approximate surface area is 141 Å². The molecule has 0 fully saturated rings. The molecule has 0 spiro atoms. The van der Waals surface area contributed by atoms with Crippen molar-refractivity contribution in [3.8, 4) is 0 Å². The number of nitrogens with zero attached hydrogens (tertiary/aromatic N) is 2. The zero-order valence-corrected chi connectivity index (χ0v) is 13.1. The van der Waals surface area contributed by atoms with Gasteiger partial charge in [-0.25, -0.2) is 18.8 Å². The number of benzene rings is 2. The van der Waals surface area contributed by atoms with Crippen molar-refractivity contribution in [2.24, 2.45) is 9.98 Å². The summed E-state index contributed by atoms with van der Waals surface area (Å²) >= 11 is 0. The van der Waals surface area contributed by atoms with E-state index in [1.54, 1.807) is 31.2 Å². The second kappa shape index (κ2) is 9.16. The van der Waals surface area contributed by atoms with Crippen molar-refractivity contribution in [2.75, 3.05) is 10.6 Å². The molecule has 0 aliphatic rings. The summed E-state index contributed by atoms with van der Waals surface area (Å²) in [6.45, 7) is 5.28. The number of halogens is 2. The molecule has 7 heteroatoms. The molecule has 24 heavy (non-hydrogen) atoms. The Balaban J connectivity index is 0. The van der Waals surface area contributed by atoms with Gasteiger partial charge in [-0.05, 0) is 55.5 Å². The van der Waals surface area contributed by atoms with Crippen LogP contribution in [0.25, 0.3) is 0 Å². The van der Waals surface area contributed by atoms with Gasteiger partial charge in [0.25, 0.3) is 0 Å². The van der Waals surface area contributed by atoms with E-state index in [1.165, 1.54) is 30.5 Å². The number of anilines is 2. The fourth-order valence-corrected chi connectivity index (χ4v) is 1.77. The van der Waals surface area contributed by atoms with Gasteiger partial charge in [-0.1, -0.05) is 6.58 Å². The lowest BCUT2D eigenvalue weighted by Crippen LogP contribution is -2.15. The Morgan fingerprint density at radius 3 is 1.88 bits per heavy atom. The van der Waals surface area contributed by atoms with E-state index in [4.69, 9.17) is 0 Å². The van der Waals surface area contributed by atoms with Crippen LogP contribution in [0.4, 0.5) is 20.2 Å². The summed E-state index contributed by atoms with van der Waals surface area (Å²) in [6.07, 6.45) is 1.35. The van der Waals surface area contributed by atoms with Gasteiger partial charge in [-0.15, -0.1) is 0 Å². The van der Waals surface area contributed by atoms with Crippen molar-refractivity contribution in [3.05, 3.63) is 72.9 Å². The van der Waals surface area contributed by atoms with Gasteiger partial charge in [0.1, 0.15) is 17.5 Å². The number of hydrogen-bond donors (Lipinski definition) is 2. The summed E-state index contributed by atoms with van der Waals surface area (Å²) < 4.78 is 25.8. The molecule has 0 bridgehead atoms. The first kappa shape index (κ1) is 19.0. The minimum atomic E-state index is -0.324. The highest BCUT2D eigenvalue weighted by Gasteiger charge is 2.01. The summed E-state index contributed by atoms with van der Waals surface area (Å²) in [5.41, 5.74) is 1.35. The van der Waals surface area contributed by atoms with Crippen LogP contribution in [0.15, 0.2) is 71.3 Å². The Morgan fingerprint density at radius 2 is 1.42 bits per heavy atom. The smallest absolute Gasteiger partial charge is 0.228 e. The third kappa shape index (κ3) is 5.98. The number of aliphatic imine (C=N–C) groups is 2. The zero-order valence-electron chi connectivity index (χ0n) is 13.1. The van der Waals surface area contributed by atoms with E-state index in [1.807, 2.05) is 0 Å². The average molecular weight is 336 g/mol. The third-order valence-electron chi connectivity index (χ3n) is 2.76. The molecule has 0 saturated carbocycles. The van der Waals surface area contributed by atoms with Crippen LogP contribution in [0.5, 0.6) is 0 Å². The molecule has 2 aromatic rings. The minimum absolute atomic E-state index is 0. The van der Waals surface area contributed by atoms with Gasteiger partial charge in [0.2, 0.25) is 5.96 Å². The molecule has 2 aromatic carbocycles. The van der Waals surface area contributed by atoms with Crippen LogP contribution in [0.2, 0.25) is 0 Å². The Morgan fingerprint density at radius 1 is 0.958 bits per heavy atom. The van der Waals surface area contributed by atoms with Crippen molar-refractivity contribution in [2.45, 2.75) is 6.92 Å². The third-order valence-corrected chi connectivity index (χ3v) is 2.76. The first-order valence-electron chi connectivity index (χ1n) is 6.86. The highest BCUT2D eigenvalue weighted by molar-refractivity contribution is 6.06. The molecule has 0 unspecified atom stereocenters. The Kier molecular flexibility index (Phi) is 7.25. The van der Waals surface area contributed by atoms with E-state index in [0.29, 0.717) is 23.2 Å². The van der Waals surface area contributed by atoms with E-state index in [2.05, 4.69) is 27.2 Å². The van der Waals surface area contributed by atoms with Crippen molar-refractivity contribution in [3.63, 3.8) is 0 Å². The lowest BCUT2D eigenvalue weighted by Gasteiger charge is -2.08. The van der Waals surface area contributed by atoms with E-state index in [9.17, 15) is 8.78 Å². The van der Waals surface area contributed by atoms with Crippen LogP contribution in [0.1, 0.15) is 9.78 Å². The SMILES string of the molecule is C=CN=C(/N=C(\C)Nc1ccc(F)cc1)Nc1ccc(F)cc1.O.[HH].[HH]. The van der Waals surface area contributed by atoms with Gasteiger partial charge in [0.15, 0.2) is 0 Å². The maximum Gasteiger partial charge on any atom is 0.228 e. The lowest BCUT2D eigenvalue weighted by atomic mass is 10.3. The lowest BCUT2D eigenvalue weighted by molar-refractivity contribution is 0.627. The summed E-state index contributed by atoms with van der Waals surface area (Å²) in [7, 11) is 0. The molecular formula is C17H22F2N4O. The predicted molar refractivity (Wildman–Crippen MR) is 98.6 cm³/mol. The molecule has 0 atom stereocenters. The van der Waals surface area contributed by atoms with Crippen molar-refractivity contribution in [1.29, 1.82) is 0 Å². The van der Waals surface area contributed by atoms with E-state index in [0.717, 1.165) is 0 Å². The van der Waals surface area contributed by atoms with Crippen LogP contribution in [-0.2, 0) is 0 Å². The molecule has 0 aliphatic heterocycles. The summed E-state index contributed by atoms with van der Waals surface area (Å²) in [5.74, 6) is 0.206. The van der Waals surface area contributed by atoms with E-state index in [-0.39, 0.29) is 20.0 Å². The number of hydrogen-bond acceptors (Lipinski definition) is 1. The zero-order chi connectivity index (χ0) is 16.7. The summed E-state index contributed by atoms with van der Waals surface area (Å²) in [4.78, 5) is 8.31. The molecule has 0 aromatic heterocycles. The molecule has 4 N–H and O–H groups in total. The second-order valence-corrected chi connectivity index (χ2v) is 4.60. The van der Waals surface area contributed by atoms with Crippen LogP contribution in [-0.4, -0.2) is 17.3 Å². The summed E-state index contributed by atoms with van der Waals surface area (Å²) in [6, 6.07) is 11.7. The van der Waals surface area contributed by atoms with Crippen LogP contribution >= 0.6 is 0 Å². The molecule has 0 aliphatic carbocycles. The standard InChI is InChI=1S/C17H16F2N4.H2O.2H2/c1-3-20-17(23-16-10-6-14(19)7-11-16)22-12(2)21-15-8-4-13(18)5-9-15;;;/h3-11H,1H2,2H3,(H2,20,21,22,23);1H2;2*1H. The van der Waals surface area contributed by atoms with Gasteiger partial charge >= 0.3 is 0 Å². The van der Waals surface area contributed by atoms with Crippen LogP contribution in [0, 0.1) is 11.6 Å². The molecule has 130 valence electrons. The Bertz CT molecular complexity index is 735. The maximum absolute atomic E-state index is 12.9. The van der Waals surface area contributed by atoms with Crippen molar-refractivity contribution in [1.82, 2.24) is 0 Å². The summed E-state index contributed by atoms with van der Waals surface area (Å²) in [5, 5.41) is 5.98. The van der Waals surface area contributed by atoms with Gasteiger partial charge in [0.05, 0.1) is 0 Å². The first-order valence-corrected chi connectivity index (χ1v) is 6.86. The predicted octanol–water partition coefficient (Wildman–Crippen LogP) is 4.07. The highest BCUT2D eigenvalue weighted by Crippen LogP contribution is 2.10.